The van der Waals surface area contributed by atoms with Gasteiger partial charge in [-0.25, -0.2) is 0 Å². The van der Waals surface area contributed by atoms with E-state index >= 15 is 0 Å². The van der Waals surface area contributed by atoms with Gasteiger partial charge in [0.1, 0.15) is 23.0 Å². The first-order chi connectivity index (χ1) is 21.5. The summed E-state index contributed by atoms with van der Waals surface area (Å²) in [6.07, 6.45) is 0. The molecule has 44 heavy (non-hydrogen) atoms. The van der Waals surface area contributed by atoms with Crippen LogP contribution in [0.1, 0.15) is 11.1 Å². The maximum atomic E-state index is 7.13. The van der Waals surface area contributed by atoms with Crippen LogP contribution in [0.5, 0.6) is 34.5 Å². The third-order valence-corrected chi connectivity index (χ3v) is 11.0. The van der Waals surface area contributed by atoms with Gasteiger partial charge in [0.25, 0.3) is 0 Å². The second-order valence-electron chi connectivity index (χ2n) is 9.82. The largest absolute Gasteiger partial charge is 0.496 e. The van der Waals surface area contributed by atoms with E-state index in [1.54, 1.807) is 28.4 Å². The molecular formula is C36H36O6P2. The summed E-state index contributed by atoms with van der Waals surface area (Å²) in [5, 5.41) is 3.72. The Balaban J connectivity index is 1.69. The minimum atomic E-state index is -1.45. The second-order valence-corrected chi connectivity index (χ2v) is 13.3. The van der Waals surface area contributed by atoms with Crippen LogP contribution in [0.2, 0.25) is 0 Å². The first-order valence-corrected chi connectivity index (χ1v) is 16.6. The minimum absolute atomic E-state index is 0.658. The fourth-order valence-corrected chi connectivity index (χ4v) is 8.90. The van der Waals surface area contributed by atoms with Crippen molar-refractivity contribution in [2.24, 2.45) is 0 Å². The molecule has 0 bridgehead atoms. The zero-order chi connectivity index (χ0) is 31.1. The highest BCUT2D eigenvalue weighted by atomic mass is 31.1. The Bertz CT molecular complexity index is 1500. The van der Waals surface area contributed by atoms with Crippen LogP contribution in [0.3, 0.4) is 0 Å². The molecule has 0 unspecified atom stereocenters. The summed E-state index contributed by atoms with van der Waals surface area (Å²) in [4.78, 5) is 0. The van der Waals surface area contributed by atoms with Gasteiger partial charge in [0.05, 0.1) is 49.7 Å². The van der Waals surface area contributed by atoms with Crippen LogP contribution in [0.15, 0.2) is 109 Å². The van der Waals surface area contributed by atoms with Crippen molar-refractivity contribution in [3.05, 3.63) is 120 Å². The number of ether oxygens (including phenoxy) is 4. The molecule has 226 valence electrons. The van der Waals surface area contributed by atoms with Crippen LogP contribution >= 0.6 is 16.3 Å². The third kappa shape index (κ3) is 6.48. The normalized spacial score (nSPS) is 10.9. The van der Waals surface area contributed by atoms with Gasteiger partial charge in [-0.2, -0.15) is 0 Å². The van der Waals surface area contributed by atoms with Gasteiger partial charge < -0.3 is 28.0 Å². The topological polar surface area (TPSA) is 55.4 Å². The molecule has 0 heterocycles. The summed E-state index contributed by atoms with van der Waals surface area (Å²) in [5.74, 6) is 4.27. The van der Waals surface area contributed by atoms with Crippen LogP contribution in [0.25, 0.3) is 0 Å². The second kappa shape index (κ2) is 14.5. The Hall–Kier alpha value is -4.24. The Morgan fingerprint density at radius 2 is 0.614 bits per heavy atom. The van der Waals surface area contributed by atoms with E-state index in [0.717, 1.165) is 55.3 Å². The van der Waals surface area contributed by atoms with Crippen molar-refractivity contribution in [1.29, 1.82) is 0 Å². The van der Waals surface area contributed by atoms with E-state index in [0.29, 0.717) is 11.5 Å². The standard InChI is InChI=1S/C36H36O6P2/c1-25-23-24-26(2)36(42-44(33-21-13-9-17-29(33)39-5)34-22-14-10-18-30(34)40-6)35(25)41-43(31-19-11-7-15-27(31)37-3)32-20-12-8-16-28(32)38-4/h7-24H,1-6H3. The molecule has 0 N–H and O–H groups in total. The highest BCUT2D eigenvalue weighted by Gasteiger charge is 2.30. The Kier molecular flexibility index (Phi) is 10.3. The van der Waals surface area contributed by atoms with E-state index in [1.165, 1.54) is 0 Å². The van der Waals surface area contributed by atoms with Gasteiger partial charge in [-0.3, -0.25) is 0 Å². The van der Waals surface area contributed by atoms with E-state index in [4.69, 9.17) is 28.0 Å². The van der Waals surface area contributed by atoms with Gasteiger partial charge in [-0.05, 0) is 73.5 Å². The summed E-state index contributed by atoms with van der Waals surface area (Å²) in [5.41, 5.74) is 1.88. The first kappa shape index (κ1) is 31.2. The van der Waals surface area contributed by atoms with Crippen LogP contribution in [-0.2, 0) is 0 Å². The third-order valence-electron chi connectivity index (χ3n) is 7.09. The van der Waals surface area contributed by atoms with Gasteiger partial charge in [-0.1, -0.05) is 60.7 Å². The highest BCUT2D eigenvalue weighted by Crippen LogP contribution is 2.51. The van der Waals surface area contributed by atoms with E-state index in [1.807, 2.05) is 111 Å². The molecule has 0 amide bonds. The molecule has 0 spiro atoms. The highest BCUT2D eigenvalue weighted by molar-refractivity contribution is 7.69. The summed E-state index contributed by atoms with van der Waals surface area (Å²) in [6, 6.07) is 35.9. The summed E-state index contributed by atoms with van der Waals surface area (Å²) in [7, 11) is 3.80. The summed E-state index contributed by atoms with van der Waals surface area (Å²) >= 11 is 0. The van der Waals surface area contributed by atoms with Crippen molar-refractivity contribution in [2.45, 2.75) is 13.8 Å². The average molecular weight is 627 g/mol. The monoisotopic (exact) mass is 626 g/mol. The molecule has 0 aliphatic heterocycles. The van der Waals surface area contributed by atoms with E-state index < -0.39 is 16.3 Å². The van der Waals surface area contributed by atoms with E-state index in [9.17, 15) is 0 Å². The van der Waals surface area contributed by atoms with Gasteiger partial charge in [-0.15, -0.1) is 0 Å². The van der Waals surface area contributed by atoms with Gasteiger partial charge in [0.2, 0.25) is 0 Å². The molecule has 5 rings (SSSR count). The predicted octanol–water partition coefficient (Wildman–Crippen LogP) is 7.19. The molecule has 0 saturated carbocycles. The van der Waals surface area contributed by atoms with Crippen molar-refractivity contribution in [3.63, 3.8) is 0 Å². The zero-order valence-electron chi connectivity index (χ0n) is 25.7. The Morgan fingerprint density at radius 3 is 0.864 bits per heavy atom. The number of para-hydroxylation sites is 4. The van der Waals surface area contributed by atoms with Crippen molar-refractivity contribution in [3.8, 4) is 34.5 Å². The number of aryl methyl sites for hydroxylation is 2. The first-order valence-electron chi connectivity index (χ1n) is 14.1. The lowest BCUT2D eigenvalue weighted by molar-refractivity contribution is 0.415. The van der Waals surface area contributed by atoms with Crippen LogP contribution < -0.4 is 49.2 Å². The molecule has 0 aliphatic rings. The molecule has 0 aromatic heterocycles. The van der Waals surface area contributed by atoms with E-state index in [-0.39, 0.29) is 0 Å². The van der Waals surface area contributed by atoms with Crippen LogP contribution in [0.4, 0.5) is 0 Å². The minimum Gasteiger partial charge on any atom is -0.496 e. The van der Waals surface area contributed by atoms with Crippen LogP contribution in [-0.4, -0.2) is 28.4 Å². The molecular weight excluding hydrogens is 590 g/mol. The maximum Gasteiger partial charge on any atom is 0.169 e. The lowest BCUT2D eigenvalue weighted by Crippen LogP contribution is -2.21. The smallest absolute Gasteiger partial charge is 0.169 e. The lowest BCUT2D eigenvalue weighted by Gasteiger charge is -2.28. The van der Waals surface area contributed by atoms with Crippen LogP contribution in [0, 0.1) is 13.8 Å². The molecule has 8 heteroatoms. The average Bonchev–Trinajstić information content (AvgIpc) is 3.08. The quantitative estimate of drug-likeness (QED) is 0.137. The Labute approximate surface area is 262 Å². The summed E-state index contributed by atoms with van der Waals surface area (Å²) < 4.78 is 37.5. The molecule has 5 aromatic rings. The van der Waals surface area contributed by atoms with Gasteiger partial charge in [0, 0.05) is 0 Å². The fraction of sp³-hybridized carbons (Fsp3) is 0.167. The molecule has 6 nitrogen and oxygen atoms in total. The predicted molar refractivity (Wildman–Crippen MR) is 182 cm³/mol. The Morgan fingerprint density at radius 1 is 0.364 bits per heavy atom. The fourth-order valence-electron chi connectivity index (χ4n) is 4.82. The lowest BCUT2D eigenvalue weighted by atomic mass is 10.1. The van der Waals surface area contributed by atoms with Gasteiger partial charge >= 0.3 is 0 Å². The zero-order valence-corrected chi connectivity index (χ0v) is 27.5. The van der Waals surface area contributed by atoms with Crippen molar-refractivity contribution in [2.75, 3.05) is 28.4 Å². The number of hydrogen-bond donors (Lipinski definition) is 0. The SMILES string of the molecule is COc1ccccc1P(Oc1c(C)ccc(C)c1OP(c1ccccc1OC)c1ccccc1OC)c1ccccc1OC. The molecule has 0 atom stereocenters. The number of hydrogen-bond acceptors (Lipinski definition) is 6. The summed E-state index contributed by atoms with van der Waals surface area (Å²) in [6.45, 7) is 4.07. The number of rotatable bonds is 12. The van der Waals surface area contributed by atoms with E-state index in [2.05, 4.69) is 12.1 Å². The molecule has 0 radical (unpaired) electrons. The van der Waals surface area contributed by atoms with Crippen molar-refractivity contribution in [1.82, 2.24) is 0 Å². The van der Waals surface area contributed by atoms with Crippen molar-refractivity contribution >= 4 is 37.5 Å². The molecule has 0 saturated heterocycles. The molecule has 0 fully saturated rings. The maximum absolute atomic E-state index is 7.13. The van der Waals surface area contributed by atoms with Crippen molar-refractivity contribution < 1.29 is 28.0 Å². The number of methoxy groups -OCH3 is 4. The molecule has 5 aromatic carbocycles. The number of benzene rings is 5. The molecule has 0 aliphatic carbocycles. The van der Waals surface area contributed by atoms with Gasteiger partial charge in [0.15, 0.2) is 27.8 Å².